The zero-order valence-corrected chi connectivity index (χ0v) is 6.86. The number of fused-ring (bicyclic) bond motifs is 3. The van der Waals surface area contributed by atoms with Crippen molar-refractivity contribution in [2.24, 2.45) is 0 Å². The molecule has 3 rings (SSSR count). The van der Waals surface area contributed by atoms with E-state index in [1.807, 2.05) is 4.57 Å². The van der Waals surface area contributed by atoms with E-state index in [4.69, 9.17) is 5.73 Å². The van der Waals surface area contributed by atoms with E-state index in [1.54, 1.807) is 0 Å². The molecule has 3 N–H and O–H groups in total. The first-order valence-corrected chi connectivity index (χ1v) is 4.07. The number of hydrogen-bond donors (Lipinski definition) is 2. The third kappa shape index (κ3) is 0.742. The Bertz CT molecular complexity index is 473. The second-order valence-electron chi connectivity index (χ2n) is 2.94. The van der Waals surface area contributed by atoms with Gasteiger partial charge in [0.25, 0.3) is 0 Å². The summed E-state index contributed by atoms with van der Waals surface area (Å²) in [6.45, 7) is 1.77. The fraction of sp³-hybridized carbons (Fsp3) is 0.286. The molecule has 6 heteroatoms. The monoisotopic (exact) mass is 176 g/mol. The van der Waals surface area contributed by atoms with Crippen LogP contribution in [0.4, 0.5) is 11.8 Å². The molecular formula is C7H8N6. The second kappa shape index (κ2) is 2.09. The number of anilines is 2. The molecule has 0 amide bonds. The van der Waals surface area contributed by atoms with Gasteiger partial charge in [-0.05, 0) is 0 Å². The van der Waals surface area contributed by atoms with Crippen molar-refractivity contribution in [1.29, 1.82) is 0 Å². The molecule has 66 valence electrons. The van der Waals surface area contributed by atoms with Gasteiger partial charge in [0.15, 0.2) is 11.5 Å². The van der Waals surface area contributed by atoms with Crippen LogP contribution in [-0.2, 0) is 6.54 Å². The van der Waals surface area contributed by atoms with Crippen LogP contribution in [0.25, 0.3) is 11.2 Å². The van der Waals surface area contributed by atoms with E-state index in [0.29, 0.717) is 11.5 Å². The lowest BCUT2D eigenvalue weighted by atomic mass is 10.5. The van der Waals surface area contributed by atoms with Crippen LogP contribution in [0.1, 0.15) is 0 Å². The summed E-state index contributed by atoms with van der Waals surface area (Å²) in [5, 5.41) is 3.15. The molecule has 2 aromatic rings. The van der Waals surface area contributed by atoms with Gasteiger partial charge < -0.3 is 15.6 Å². The average Bonchev–Trinajstić information content (AvgIpc) is 2.62. The van der Waals surface area contributed by atoms with Gasteiger partial charge in [-0.15, -0.1) is 0 Å². The number of aromatic nitrogens is 4. The molecule has 0 aromatic carbocycles. The van der Waals surface area contributed by atoms with E-state index in [2.05, 4.69) is 20.3 Å². The first-order chi connectivity index (χ1) is 6.36. The molecule has 0 radical (unpaired) electrons. The molecule has 0 bridgehead atoms. The Morgan fingerprint density at radius 2 is 2.38 bits per heavy atom. The Kier molecular flexibility index (Phi) is 1.07. The highest BCUT2D eigenvalue weighted by Gasteiger charge is 2.18. The van der Waals surface area contributed by atoms with Crippen LogP contribution in [0.5, 0.6) is 0 Å². The maximum absolute atomic E-state index is 5.73. The van der Waals surface area contributed by atoms with Crippen molar-refractivity contribution in [3.8, 4) is 0 Å². The molecule has 0 saturated carbocycles. The molecule has 6 nitrogen and oxygen atoms in total. The van der Waals surface area contributed by atoms with Crippen LogP contribution in [0.3, 0.4) is 0 Å². The highest BCUT2D eigenvalue weighted by atomic mass is 15.3. The lowest BCUT2D eigenvalue weighted by Crippen LogP contribution is -1.99. The van der Waals surface area contributed by atoms with E-state index < -0.39 is 0 Å². The van der Waals surface area contributed by atoms with E-state index >= 15 is 0 Å². The Balaban J connectivity index is 2.46. The lowest BCUT2D eigenvalue weighted by Gasteiger charge is -1.97. The van der Waals surface area contributed by atoms with Crippen molar-refractivity contribution in [2.75, 3.05) is 17.6 Å². The topological polar surface area (TPSA) is 81.7 Å². The van der Waals surface area contributed by atoms with Gasteiger partial charge in [0, 0.05) is 13.1 Å². The molecule has 0 aliphatic carbocycles. The molecule has 0 unspecified atom stereocenters. The van der Waals surface area contributed by atoms with Gasteiger partial charge in [-0.3, -0.25) is 0 Å². The highest BCUT2D eigenvalue weighted by molar-refractivity contribution is 5.84. The first kappa shape index (κ1) is 6.64. The molecule has 2 aromatic heterocycles. The van der Waals surface area contributed by atoms with Crippen molar-refractivity contribution < 1.29 is 0 Å². The van der Waals surface area contributed by atoms with Gasteiger partial charge in [-0.25, -0.2) is 9.97 Å². The van der Waals surface area contributed by atoms with Gasteiger partial charge in [0.1, 0.15) is 11.8 Å². The number of hydrogen-bond acceptors (Lipinski definition) is 5. The summed E-state index contributed by atoms with van der Waals surface area (Å²) < 4.78 is 2.00. The normalized spacial score (nSPS) is 14.5. The lowest BCUT2D eigenvalue weighted by molar-refractivity contribution is 0.836. The third-order valence-electron chi connectivity index (χ3n) is 2.19. The summed E-state index contributed by atoms with van der Waals surface area (Å²) in [5.74, 6) is 1.33. The minimum Gasteiger partial charge on any atom is -0.382 e. The summed E-state index contributed by atoms with van der Waals surface area (Å²) >= 11 is 0. The average molecular weight is 176 g/mol. The minimum absolute atomic E-state index is 0.493. The van der Waals surface area contributed by atoms with Gasteiger partial charge >= 0.3 is 0 Å². The van der Waals surface area contributed by atoms with Gasteiger partial charge in [0.05, 0.1) is 0 Å². The van der Waals surface area contributed by atoms with Crippen LogP contribution in [0.2, 0.25) is 0 Å². The number of imidazole rings is 1. The molecule has 0 spiro atoms. The first-order valence-electron chi connectivity index (χ1n) is 4.07. The molecule has 0 saturated heterocycles. The van der Waals surface area contributed by atoms with Crippen LogP contribution in [0, 0.1) is 0 Å². The van der Waals surface area contributed by atoms with Crippen LogP contribution in [-0.4, -0.2) is 26.1 Å². The molecule has 13 heavy (non-hydrogen) atoms. The fourth-order valence-electron chi connectivity index (χ4n) is 1.62. The van der Waals surface area contributed by atoms with E-state index in [9.17, 15) is 0 Å². The van der Waals surface area contributed by atoms with E-state index in [0.717, 1.165) is 24.6 Å². The molecule has 3 heterocycles. The predicted molar refractivity (Wildman–Crippen MR) is 48.2 cm³/mol. The number of nitrogen functional groups attached to an aromatic ring is 1. The third-order valence-corrected chi connectivity index (χ3v) is 2.19. The Morgan fingerprint density at radius 1 is 1.46 bits per heavy atom. The minimum atomic E-state index is 0.493. The van der Waals surface area contributed by atoms with E-state index in [1.165, 1.54) is 6.33 Å². The second-order valence-corrected chi connectivity index (χ2v) is 2.94. The summed E-state index contributed by atoms with van der Waals surface area (Å²) in [5.41, 5.74) is 7.23. The van der Waals surface area contributed by atoms with Crippen LogP contribution in [0.15, 0.2) is 6.33 Å². The summed E-state index contributed by atoms with van der Waals surface area (Å²) in [7, 11) is 0. The highest BCUT2D eigenvalue weighted by Crippen LogP contribution is 2.23. The zero-order valence-electron chi connectivity index (χ0n) is 6.86. The molecule has 1 aliphatic heterocycles. The summed E-state index contributed by atoms with van der Waals surface area (Å²) in [6, 6.07) is 0. The fourth-order valence-corrected chi connectivity index (χ4v) is 1.62. The van der Waals surface area contributed by atoms with Crippen molar-refractivity contribution >= 4 is 22.9 Å². The van der Waals surface area contributed by atoms with Crippen LogP contribution < -0.4 is 11.1 Å². The van der Waals surface area contributed by atoms with Crippen molar-refractivity contribution in [1.82, 2.24) is 19.5 Å². The van der Waals surface area contributed by atoms with E-state index in [-0.39, 0.29) is 0 Å². The zero-order chi connectivity index (χ0) is 8.84. The smallest absolute Gasteiger partial charge is 0.205 e. The molecular weight excluding hydrogens is 168 g/mol. The summed E-state index contributed by atoms with van der Waals surface area (Å²) in [4.78, 5) is 12.3. The molecule has 0 atom stereocenters. The molecule has 0 fully saturated rings. The van der Waals surface area contributed by atoms with Crippen LogP contribution >= 0.6 is 0 Å². The van der Waals surface area contributed by atoms with Crippen molar-refractivity contribution in [3.05, 3.63) is 6.33 Å². The maximum Gasteiger partial charge on any atom is 0.205 e. The molecule has 1 aliphatic rings. The SMILES string of the molecule is Nc1ncnc2nc3n(c12)CCN3. The Labute approximate surface area is 73.8 Å². The predicted octanol–water partition coefficient (Wildman–Crippen LogP) is -0.166. The summed E-state index contributed by atoms with van der Waals surface area (Å²) in [6.07, 6.45) is 1.43. The Hall–Kier alpha value is -1.85. The van der Waals surface area contributed by atoms with Crippen molar-refractivity contribution in [3.63, 3.8) is 0 Å². The number of rotatable bonds is 0. The van der Waals surface area contributed by atoms with Gasteiger partial charge in [0.2, 0.25) is 5.95 Å². The van der Waals surface area contributed by atoms with Crippen molar-refractivity contribution in [2.45, 2.75) is 6.54 Å². The maximum atomic E-state index is 5.73. The largest absolute Gasteiger partial charge is 0.382 e. The Morgan fingerprint density at radius 3 is 3.31 bits per heavy atom. The standard InChI is InChI=1S/C7H8N6/c8-5-4-6(11-3-10-5)12-7-9-1-2-13(4)7/h3H,1-2H2,(H3,8,9,10,11,12). The quantitative estimate of drug-likeness (QED) is 0.582. The van der Waals surface area contributed by atoms with Gasteiger partial charge in [-0.2, -0.15) is 4.98 Å². The number of nitrogens with zero attached hydrogens (tertiary/aromatic N) is 4. The number of nitrogens with one attached hydrogen (secondary N) is 1. The van der Waals surface area contributed by atoms with Gasteiger partial charge in [-0.1, -0.05) is 0 Å². The number of nitrogens with two attached hydrogens (primary N) is 1.